The molecule has 18 heavy (non-hydrogen) atoms. The molecule has 6 heteroatoms. The van der Waals surface area contributed by atoms with Crippen molar-refractivity contribution in [2.24, 2.45) is 5.41 Å². The Hall–Kier alpha value is -1.56. The summed E-state index contributed by atoms with van der Waals surface area (Å²) in [6, 6.07) is 4.88. The number of amides is 1. The van der Waals surface area contributed by atoms with Crippen molar-refractivity contribution in [1.29, 1.82) is 0 Å². The van der Waals surface area contributed by atoms with E-state index in [1.54, 1.807) is 26.0 Å². The van der Waals surface area contributed by atoms with Crippen molar-refractivity contribution in [2.75, 3.05) is 12.3 Å². The van der Waals surface area contributed by atoms with Gasteiger partial charge in [0.2, 0.25) is 0 Å². The van der Waals surface area contributed by atoms with Gasteiger partial charge < -0.3 is 16.2 Å². The zero-order chi connectivity index (χ0) is 13.9. The molecule has 0 bridgehead atoms. The van der Waals surface area contributed by atoms with Crippen LogP contribution in [-0.2, 0) is 4.79 Å². The number of hydrogen-bond donors (Lipinski definition) is 3. The lowest BCUT2D eigenvalue weighted by Gasteiger charge is -2.19. The number of nitrogens with one attached hydrogen (secondary N) is 1. The van der Waals surface area contributed by atoms with Gasteiger partial charge in [-0.15, -0.1) is 0 Å². The van der Waals surface area contributed by atoms with Crippen molar-refractivity contribution in [2.45, 2.75) is 13.8 Å². The molecule has 0 aliphatic heterocycles. The van der Waals surface area contributed by atoms with Crippen LogP contribution in [0, 0.1) is 5.41 Å². The molecule has 0 aliphatic rings. The van der Waals surface area contributed by atoms with Gasteiger partial charge in [-0.1, -0.05) is 0 Å². The molecule has 0 aromatic heterocycles. The molecular weight excluding hydrogens is 300 g/mol. The Morgan fingerprint density at radius 1 is 1.44 bits per heavy atom. The van der Waals surface area contributed by atoms with Crippen LogP contribution in [0.25, 0.3) is 0 Å². The van der Waals surface area contributed by atoms with Crippen LogP contribution in [0.3, 0.4) is 0 Å². The number of carboxylic acids is 1. The molecule has 1 aromatic rings. The maximum atomic E-state index is 11.9. The Bertz CT molecular complexity index is 486. The lowest BCUT2D eigenvalue weighted by atomic mass is 9.94. The van der Waals surface area contributed by atoms with Crippen molar-refractivity contribution >= 4 is 33.5 Å². The van der Waals surface area contributed by atoms with Crippen LogP contribution in [0.4, 0.5) is 5.69 Å². The van der Waals surface area contributed by atoms with E-state index in [9.17, 15) is 9.59 Å². The van der Waals surface area contributed by atoms with Gasteiger partial charge in [0, 0.05) is 16.7 Å². The fourth-order valence-electron chi connectivity index (χ4n) is 1.19. The SMILES string of the molecule is CC(C)(CNC(=O)c1cc(N)ccc1Br)C(=O)O. The lowest BCUT2D eigenvalue weighted by Crippen LogP contribution is -2.39. The normalized spacial score (nSPS) is 11.1. The molecule has 0 atom stereocenters. The summed E-state index contributed by atoms with van der Waals surface area (Å²) in [6.45, 7) is 3.14. The molecule has 0 spiro atoms. The van der Waals surface area contributed by atoms with Gasteiger partial charge >= 0.3 is 5.97 Å². The van der Waals surface area contributed by atoms with Crippen molar-refractivity contribution < 1.29 is 14.7 Å². The highest BCUT2D eigenvalue weighted by Crippen LogP contribution is 2.20. The summed E-state index contributed by atoms with van der Waals surface area (Å²) < 4.78 is 0.613. The zero-order valence-electron chi connectivity index (χ0n) is 10.2. The van der Waals surface area contributed by atoms with E-state index in [4.69, 9.17) is 10.8 Å². The second-order valence-electron chi connectivity index (χ2n) is 4.61. The first kappa shape index (κ1) is 14.5. The first-order valence-electron chi connectivity index (χ1n) is 5.30. The van der Waals surface area contributed by atoms with Crippen molar-refractivity contribution in [3.8, 4) is 0 Å². The topological polar surface area (TPSA) is 92.4 Å². The van der Waals surface area contributed by atoms with E-state index in [1.165, 1.54) is 6.07 Å². The van der Waals surface area contributed by atoms with Gasteiger partial charge in [-0.2, -0.15) is 0 Å². The Kier molecular flexibility index (Phi) is 4.34. The highest BCUT2D eigenvalue weighted by atomic mass is 79.9. The zero-order valence-corrected chi connectivity index (χ0v) is 11.7. The number of carbonyl (C=O) groups is 2. The predicted octanol–water partition coefficient (Wildman–Crippen LogP) is 1.87. The molecule has 0 saturated heterocycles. The van der Waals surface area contributed by atoms with Crippen LogP contribution in [0.1, 0.15) is 24.2 Å². The average molecular weight is 315 g/mol. The number of carbonyl (C=O) groups excluding carboxylic acids is 1. The van der Waals surface area contributed by atoms with Gasteiger partial charge in [-0.25, -0.2) is 0 Å². The Labute approximate surface area is 113 Å². The molecular formula is C12H15BrN2O3. The van der Waals surface area contributed by atoms with E-state index in [0.29, 0.717) is 15.7 Å². The summed E-state index contributed by atoms with van der Waals surface area (Å²) in [5.74, 6) is -1.32. The highest BCUT2D eigenvalue weighted by molar-refractivity contribution is 9.10. The van der Waals surface area contributed by atoms with E-state index in [1.807, 2.05) is 0 Å². The molecule has 0 fully saturated rings. The molecule has 0 unspecified atom stereocenters. The third kappa shape index (κ3) is 3.46. The van der Waals surface area contributed by atoms with Gasteiger partial charge in [-0.05, 0) is 48.0 Å². The quantitative estimate of drug-likeness (QED) is 0.740. The van der Waals surface area contributed by atoms with Crippen LogP contribution in [0.15, 0.2) is 22.7 Å². The van der Waals surface area contributed by atoms with Crippen LogP contribution >= 0.6 is 15.9 Å². The van der Waals surface area contributed by atoms with Crippen LogP contribution in [0.2, 0.25) is 0 Å². The largest absolute Gasteiger partial charge is 0.481 e. The molecule has 5 nitrogen and oxygen atoms in total. The summed E-state index contributed by atoms with van der Waals surface area (Å²) >= 11 is 3.25. The minimum Gasteiger partial charge on any atom is -0.481 e. The summed E-state index contributed by atoms with van der Waals surface area (Å²) in [6.07, 6.45) is 0. The maximum Gasteiger partial charge on any atom is 0.310 e. The number of carboxylic acid groups (broad SMARTS) is 1. The van der Waals surface area contributed by atoms with Crippen molar-refractivity contribution in [3.63, 3.8) is 0 Å². The van der Waals surface area contributed by atoms with Crippen LogP contribution < -0.4 is 11.1 Å². The van der Waals surface area contributed by atoms with E-state index < -0.39 is 11.4 Å². The number of halogens is 1. The van der Waals surface area contributed by atoms with E-state index in [0.717, 1.165) is 0 Å². The Morgan fingerprint density at radius 2 is 2.06 bits per heavy atom. The standard InChI is InChI=1S/C12H15BrN2O3/c1-12(2,11(17)18)6-15-10(16)8-5-7(14)3-4-9(8)13/h3-5H,6,14H2,1-2H3,(H,15,16)(H,17,18). The Morgan fingerprint density at radius 3 is 2.61 bits per heavy atom. The third-order valence-corrected chi connectivity index (χ3v) is 3.20. The summed E-state index contributed by atoms with van der Waals surface area (Å²) in [5.41, 5.74) is 5.45. The number of rotatable bonds is 4. The second-order valence-corrected chi connectivity index (χ2v) is 5.47. The van der Waals surface area contributed by atoms with Gasteiger partial charge in [0.25, 0.3) is 5.91 Å². The number of anilines is 1. The minimum atomic E-state index is -1.01. The fourth-order valence-corrected chi connectivity index (χ4v) is 1.62. The molecule has 0 saturated carbocycles. The second kappa shape index (κ2) is 5.39. The molecule has 0 radical (unpaired) electrons. The summed E-state index contributed by atoms with van der Waals surface area (Å²) in [5, 5.41) is 11.5. The van der Waals surface area contributed by atoms with E-state index >= 15 is 0 Å². The number of hydrogen-bond acceptors (Lipinski definition) is 3. The Balaban J connectivity index is 2.78. The van der Waals surface area contributed by atoms with Crippen molar-refractivity contribution in [1.82, 2.24) is 5.32 Å². The molecule has 4 N–H and O–H groups in total. The fraction of sp³-hybridized carbons (Fsp3) is 0.333. The highest BCUT2D eigenvalue weighted by Gasteiger charge is 2.27. The van der Waals surface area contributed by atoms with Gasteiger partial charge in [0.1, 0.15) is 0 Å². The number of aliphatic carboxylic acids is 1. The predicted molar refractivity (Wildman–Crippen MR) is 72.3 cm³/mol. The van der Waals surface area contributed by atoms with Crippen LogP contribution in [0.5, 0.6) is 0 Å². The molecule has 0 heterocycles. The van der Waals surface area contributed by atoms with Crippen molar-refractivity contribution in [3.05, 3.63) is 28.2 Å². The molecule has 1 rings (SSSR count). The first-order chi connectivity index (χ1) is 8.24. The minimum absolute atomic E-state index is 0.0441. The molecule has 1 amide bonds. The van der Waals surface area contributed by atoms with Gasteiger partial charge in [-0.3, -0.25) is 9.59 Å². The maximum absolute atomic E-state index is 11.9. The summed E-state index contributed by atoms with van der Waals surface area (Å²) in [7, 11) is 0. The summed E-state index contributed by atoms with van der Waals surface area (Å²) in [4.78, 5) is 22.8. The third-order valence-electron chi connectivity index (χ3n) is 2.50. The average Bonchev–Trinajstić information content (AvgIpc) is 2.29. The van der Waals surface area contributed by atoms with Crippen LogP contribution in [-0.4, -0.2) is 23.5 Å². The van der Waals surface area contributed by atoms with E-state index in [-0.39, 0.29) is 12.5 Å². The molecule has 0 aliphatic carbocycles. The number of benzene rings is 1. The van der Waals surface area contributed by atoms with Gasteiger partial charge in [0.15, 0.2) is 0 Å². The van der Waals surface area contributed by atoms with E-state index in [2.05, 4.69) is 21.2 Å². The molecule has 98 valence electrons. The lowest BCUT2D eigenvalue weighted by molar-refractivity contribution is -0.146. The first-order valence-corrected chi connectivity index (χ1v) is 6.10. The van der Waals surface area contributed by atoms with Gasteiger partial charge in [0.05, 0.1) is 11.0 Å². The smallest absolute Gasteiger partial charge is 0.310 e. The molecule has 1 aromatic carbocycles. The number of nitrogen functional groups attached to an aromatic ring is 1. The number of nitrogens with two attached hydrogens (primary N) is 1. The monoisotopic (exact) mass is 314 g/mol.